The molecule has 0 radical (unpaired) electrons. The van der Waals surface area contributed by atoms with E-state index in [1.54, 1.807) is 0 Å². The largest absolute Gasteiger partial charge is 0.368 e. The van der Waals surface area contributed by atoms with E-state index in [1.165, 1.54) is 22.3 Å². The number of alkyl halides is 1. The van der Waals surface area contributed by atoms with Crippen LogP contribution >= 0.6 is 11.6 Å². The zero-order valence-electron chi connectivity index (χ0n) is 14.1. The summed E-state index contributed by atoms with van der Waals surface area (Å²) >= 11 is 6.43. The zero-order chi connectivity index (χ0) is 17.6. The van der Waals surface area contributed by atoms with Crippen LogP contribution in [0.15, 0.2) is 96.9 Å². The van der Waals surface area contributed by atoms with E-state index >= 15 is 0 Å². The smallest absolute Gasteiger partial charge is 0.120 e. The number of hydrogen-bond donors (Lipinski definition) is 1. The Balaban J connectivity index is 1.92. The number of allylic oxidation sites excluding steroid dienone is 3. The highest BCUT2D eigenvalue weighted by Gasteiger charge is 2.48. The van der Waals surface area contributed by atoms with Crippen molar-refractivity contribution >= 4 is 11.6 Å². The van der Waals surface area contributed by atoms with Crippen LogP contribution in [0, 0.1) is 0 Å². The average molecular weight is 357 g/mol. The van der Waals surface area contributed by atoms with Crippen molar-refractivity contribution in [1.29, 1.82) is 0 Å². The van der Waals surface area contributed by atoms with Crippen LogP contribution in [0.3, 0.4) is 0 Å². The van der Waals surface area contributed by atoms with Crippen molar-refractivity contribution in [2.75, 3.05) is 0 Å². The molecule has 5 rings (SSSR count). The van der Waals surface area contributed by atoms with Gasteiger partial charge >= 0.3 is 0 Å². The molecule has 1 aromatic heterocycles. The molecule has 3 heteroatoms. The molecule has 0 bridgehead atoms. The molecule has 0 fully saturated rings. The van der Waals surface area contributed by atoms with E-state index in [1.807, 2.05) is 30.5 Å². The van der Waals surface area contributed by atoms with Crippen LogP contribution in [0.4, 0.5) is 0 Å². The van der Waals surface area contributed by atoms with Gasteiger partial charge in [0.05, 0.1) is 5.69 Å². The summed E-state index contributed by atoms with van der Waals surface area (Å²) < 4.78 is 0. The fraction of sp³-hybridized carbons (Fsp3) is 0.0870. The first kappa shape index (κ1) is 15.4. The van der Waals surface area contributed by atoms with Gasteiger partial charge in [-0.2, -0.15) is 0 Å². The Morgan fingerprint density at radius 3 is 2.12 bits per heavy atom. The van der Waals surface area contributed by atoms with Gasteiger partial charge in [0.15, 0.2) is 0 Å². The van der Waals surface area contributed by atoms with Crippen molar-refractivity contribution in [3.63, 3.8) is 0 Å². The van der Waals surface area contributed by atoms with Crippen LogP contribution in [0.1, 0.15) is 16.8 Å². The quantitative estimate of drug-likeness (QED) is 0.516. The number of nitrogens with zero attached hydrogens (tertiary/aromatic N) is 1. The molecule has 1 atom stereocenters. The van der Waals surface area contributed by atoms with Crippen molar-refractivity contribution in [3.8, 4) is 11.1 Å². The first-order valence-electron chi connectivity index (χ1n) is 8.72. The fourth-order valence-corrected chi connectivity index (χ4v) is 4.45. The van der Waals surface area contributed by atoms with Gasteiger partial charge in [0.2, 0.25) is 0 Å². The van der Waals surface area contributed by atoms with Crippen molar-refractivity contribution in [2.24, 2.45) is 0 Å². The van der Waals surface area contributed by atoms with Gasteiger partial charge in [-0.3, -0.25) is 4.98 Å². The second-order valence-corrected chi connectivity index (χ2v) is 7.04. The van der Waals surface area contributed by atoms with Crippen LogP contribution in [0.5, 0.6) is 0 Å². The predicted octanol–water partition coefficient (Wildman–Crippen LogP) is 5.00. The van der Waals surface area contributed by atoms with Gasteiger partial charge in [-0.15, -0.1) is 0 Å². The number of dihydropyridines is 1. The summed E-state index contributed by atoms with van der Waals surface area (Å²) in [6.07, 6.45) is 7.95. The third kappa shape index (κ3) is 2.03. The molecule has 1 aliphatic heterocycles. The standard InChI is InChI=1S/C23H17ClN2/c24-22-14-7-13-21(26-22)23(20-12-5-6-15-25-20)18-10-3-1-8-16(18)17-9-2-4-11-19(17)23/h1-15,22,26H. The average Bonchev–Trinajstić information content (AvgIpc) is 3.00. The Morgan fingerprint density at radius 1 is 0.846 bits per heavy atom. The molecule has 2 heterocycles. The third-order valence-corrected chi connectivity index (χ3v) is 5.50. The number of pyridine rings is 1. The van der Waals surface area contributed by atoms with Gasteiger partial charge in [0, 0.05) is 11.9 Å². The number of aromatic nitrogens is 1. The van der Waals surface area contributed by atoms with Crippen LogP contribution in [0.2, 0.25) is 0 Å². The summed E-state index contributed by atoms with van der Waals surface area (Å²) in [4.78, 5) is 4.78. The molecule has 3 aromatic rings. The van der Waals surface area contributed by atoms with E-state index in [0.29, 0.717) is 0 Å². The van der Waals surface area contributed by atoms with Crippen LogP contribution in [0.25, 0.3) is 11.1 Å². The SMILES string of the molecule is ClC1C=CC=C(C2(c3ccccn3)c3ccccc3-c3ccccc32)N1. The maximum atomic E-state index is 6.43. The molecule has 1 N–H and O–H groups in total. The first-order valence-corrected chi connectivity index (χ1v) is 9.16. The van der Waals surface area contributed by atoms with E-state index in [-0.39, 0.29) is 5.50 Å². The number of benzene rings is 2. The second kappa shape index (κ2) is 5.86. The lowest BCUT2D eigenvalue weighted by Gasteiger charge is -2.36. The summed E-state index contributed by atoms with van der Waals surface area (Å²) in [5.74, 6) is 0. The predicted molar refractivity (Wildman–Crippen MR) is 106 cm³/mol. The number of fused-ring (bicyclic) bond motifs is 3. The number of halogens is 1. The molecule has 0 spiro atoms. The van der Waals surface area contributed by atoms with Gasteiger partial charge in [0.25, 0.3) is 0 Å². The minimum absolute atomic E-state index is 0.240. The summed E-state index contributed by atoms with van der Waals surface area (Å²) in [6.45, 7) is 0. The van der Waals surface area contributed by atoms with Crippen molar-refractivity contribution in [1.82, 2.24) is 10.3 Å². The topological polar surface area (TPSA) is 24.9 Å². The van der Waals surface area contributed by atoms with Crippen molar-refractivity contribution < 1.29 is 0 Å². The third-order valence-electron chi connectivity index (χ3n) is 5.24. The highest BCUT2D eigenvalue weighted by atomic mass is 35.5. The molecule has 2 aromatic carbocycles. The maximum Gasteiger partial charge on any atom is 0.120 e. The molecule has 0 saturated heterocycles. The normalized spacial score (nSPS) is 19.3. The van der Waals surface area contributed by atoms with Crippen LogP contribution in [-0.4, -0.2) is 10.5 Å². The molecule has 0 saturated carbocycles. The lowest BCUT2D eigenvalue weighted by molar-refractivity contribution is 0.628. The molecule has 1 unspecified atom stereocenters. The van der Waals surface area contributed by atoms with E-state index in [0.717, 1.165) is 11.4 Å². The Kier molecular flexibility index (Phi) is 3.47. The lowest BCUT2D eigenvalue weighted by Crippen LogP contribution is -2.40. The highest BCUT2D eigenvalue weighted by Crippen LogP contribution is 2.55. The Hall–Kier alpha value is -2.84. The molecule has 2 nitrogen and oxygen atoms in total. The van der Waals surface area contributed by atoms with Gasteiger partial charge in [0.1, 0.15) is 10.9 Å². The van der Waals surface area contributed by atoms with Crippen molar-refractivity contribution in [3.05, 3.63) is 114 Å². The van der Waals surface area contributed by atoms with Gasteiger partial charge in [-0.05, 0) is 46.5 Å². The van der Waals surface area contributed by atoms with Crippen LogP contribution < -0.4 is 5.32 Å². The van der Waals surface area contributed by atoms with Crippen molar-refractivity contribution in [2.45, 2.75) is 10.9 Å². The molecule has 26 heavy (non-hydrogen) atoms. The summed E-state index contributed by atoms with van der Waals surface area (Å²) in [5, 5.41) is 3.48. The molecule has 1 aliphatic carbocycles. The number of hydrogen-bond acceptors (Lipinski definition) is 2. The Labute approximate surface area is 157 Å². The minimum Gasteiger partial charge on any atom is -0.368 e. The maximum absolute atomic E-state index is 6.43. The zero-order valence-corrected chi connectivity index (χ0v) is 14.8. The summed E-state index contributed by atoms with van der Waals surface area (Å²) in [6, 6.07) is 23.3. The molecular weight excluding hydrogens is 340 g/mol. The Morgan fingerprint density at radius 2 is 1.50 bits per heavy atom. The number of rotatable bonds is 2. The van der Waals surface area contributed by atoms with Gasteiger partial charge in [-0.1, -0.05) is 72.3 Å². The highest BCUT2D eigenvalue weighted by molar-refractivity contribution is 6.21. The van der Waals surface area contributed by atoms with Gasteiger partial charge in [-0.25, -0.2) is 0 Å². The summed E-state index contributed by atoms with van der Waals surface area (Å²) in [7, 11) is 0. The van der Waals surface area contributed by atoms with E-state index in [4.69, 9.17) is 16.6 Å². The molecule has 2 aliphatic rings. The molecule has 0 amide bonds. The van der Waals surface area contributed by atoms with E-state index in [2.05, 4.69) is 66.0 Å². The molecular formula is C23H17ClN2. The fourth-order valence-electron chi connectivity index (χ4n) is 4.25. The van der Waals surface area contributed by atoms with Crippen LogP contribution in [-0.2, 0) is 5.41 Å². The number of nitrogens with one attached hydrogen (secondary N) is 1. The summed E-state index contributed by atoms with van der Waals surface area (Å²) in [5.41, 5.74) is 6.28. The lowest BCUT2D eigenvalue weighted by atomic mass is 9.71. The van der Waals surface area contributed by atoms with Gasteiger partial charge < -0.3 is 5.32 Å². The monoisotopic (exact) mass is 356 g/mol. The second-order valence-electron chi connectivity index (χ2n) is 6.57. The molecule has 126 valence electrons. The van der Waals surface area contributed by atoms with E-state index in [9.17, 15) is 0 Å². The Bertz CT molecular complexity index is 991. The first-order chi connectivity index (χ1) is 12.8. The van der Waals surface area contributed by atoms with E-state index < -0.39 is 5.41 Å². The minimum atomic E-state index is -0.494.